The van der Waals surface area contributed by atoms with Crippen molar-refractivity contribution in [3.8, 4) is 5.75 Å². The molecule has 0 saturated carbocycles. The summed E-state index contributed by atoms with van der Waals surface area (Å²) in [6.45, 7) is 3.53. The zero-order valence-electron chi connectivity index (χ0n) is 18.2. The fourth-order valence-electron chi connectivity index (χ4n) is 2.84. The molecule has 0 saturated heterocycles. The number of carbonyl (C=O) groups is 1. The molecule has 0 aliphatic heterocycles. The molecular formula is C21H28N2O6S2. The molecule has 0 heterocycles. The lowest BCUT2D eigenvalue weighted by Crippen LogP contribution is -2.38. The van der Waals surface area contributed by atoms with E-state index >= 15 is 0 Å². The summed E-state index contributed by atoms with van der Waals surface area (Å²) in [6.07, 6.45) is 2.08. The molecule has 0 spiro atoms. The highest BCUT2D eigenvalue weighted by Gasteiger charge is 2.20. The minimum atomic E-state index is -3.36. The van der Waals surface area contributed by atoms with E-state index in [1.807, 2.05) is 6.92 Å². The Morgan fingerprint density at radius 2 is 1.55 bits per heavy atom. The van der Waals surface area contributed by atoms with Crippen LogP contribution in [0.2, 0.25) is 0 Å². The molecule has 2 rings (SSSR count). The van der Waals surface area contributed by atoms with Crippen molar-refractivity contribution >= 4 is 31.5 Å². The van der Waals surface area contributed by atoms with Crippen molar-refractivity contribution in [2.75, 3.05) is 23.9 Å². The molecule has 0 radical (unpaired) electrons. The molecule has 170 valence electrons. The summed E-state index contributed by atoms with van der Waals surface area (Å²) in [6, 6.07) is 12.5. The van der Waals surface area contributed by atoms with Crippen LogP contribution in [0.3, 0.4) is 0 Å². The maximum atomic E-state index is 12.6. The van der Waals surface area contributed by atoms with Crippen molar-refractivity contribution in [3.05, 3.63) is 54.1 Å². The average Bonchev–Trinajstić information content (AvgIpc) is 2.70. The molecule has 1 N–H and O–H groups in total. The van der Waals surface area contributed by atoms with Gasteiger partial charge in [-0.15, -0.1) is 0 Å². The highest BCUT2D eigenvalue weighted by molar-refractivity contribution is 7.92. The van der Waals surface area contributed by atoms with Gasteiger partial charge in [0.25, 0.3) is 5.91 Å². The fraction of sp³-hybridized carbons (Fsp3) is 0.381. The van der Waals surface area contributed by atoms with Crippen molar-refractivity contribution in [2.24, 2.45) is 0 Å². The van der Waals surface area contributed by atoms with Gasteiger partial charge in [-0.05, 0) is 55.3 Å². The first-order valence-electron chi connectivity index (χ1n) is 9.64. The topological polar surface area (TPSA) is 110 Å². The summed E-state index contributed by atoms with van der Waals surface area (Å²) in [5.41, 5.74) is 1.28. The number of amides is 1. The van der Waals surface area contributed by atoms with Gasteiger partial charge in [-0.25, -0.2) is 16.8 Å². The van der Waals surface area contributed by atoms with Gasteiger partial charge in [0.1, 0.15) is 5.75 Å². The van der Waals surface area contributed by atoms with E-state index in [0.717, 1.165) is 22.4 Å². The number of nitrogens with zero attached hydrogens (tertiary/aromatic N) is 1. The lowest BCUT2D eigenvalue weighted by molar-refractivity contribution is -0.128. The van der Waals surface area contributed by atoms with E-state index in [4.69, 9.17) is 4.74 Å². The van der Waals surface area contributed by atoms with Gasteiger partial charge in [-0.3, -0.25) is 9.10 Å². The van der Waals surface area contributed by atoms with Gasteiger partial charge in [0, 0.05) is 13.3 Å². The second-order valence-electron chi connectivity index (χ2n) is 7.30. The van der Waals surface area contributed by atoms with E-state index in [9.17, 15) is 21.6 Å². The normalized spacial score (nSPS) is 13.8. The van der Waals surface area contributed by atoms with E-state index in [0.29, 0.717) is 17.9 Å². The molecule has 0 aliphatic rings. The monoisotopic (exact) mass is 468 g/mol. The molecular weight excluding hydrogens is 440 g/mol. The third-order valence-electron chi connectivity index (χ3n) is 4.82. The predicted molar refractivity (Wildman–Crippen MR) is 121 cm³/mol. The first-order valence-corrected chi connectivity index (χ1v) is 13.4. The third-order valence-corrected chi connectivity index (χ3v) is 7.15. The number of sulfonamides is 1. The highest BCUT2D eigenvalue weighted by atomic mass is 32.2. The van der Waals surface area contributed by atoms with Crippen LogP contribution in [0.4, 0.5) is 5.69 Å². The Balaban J connectivity index is 2.04. The Morgan fingerprint density at radius 3 is 2.00 bits per heavy atom. The third kappa shape index (κ3) is 6.70. The van der Waals surface area contributed by atoms with Crippen molar-refractivity contribution in [1.82, 2.24) is 5.32 Å². The van der Waals surface area contributed by atoms with E-state index in [2.05, 4.69) is 5.32 Å². The summed E-state index contributed by atoms with van der Waals surface area (Å²) >= 11 is 0. The van der Waals surface area contributed by atoms with Crippen molar-refractivity contribution in [2.45, 2.75) is 37.3 Å². The number of ether oxygens (including phenoxy) is 1. The lowest BCUT2D eigenvalue weighted by Gasteiger charge is -2.22. The Morgan fingerprint density at radius 1 is 1.00 bits per heavy atom. The van der Waals surface area contributed by atoms with Crippen LogP contribution < -0.4 is 14.4 Å². The van der Waals surface area contributed by atoms with Crippen molar-refractivity contribution in [3.63, 3.8) is 0 Å². The molecule has 2 aromatic rings. The Labute approximate surface area is 184 Å². The van der Waals surface area contributed by atoms with E-state index < -0.39 is 26.0 Å². The number of benzene rings is 2. The molecule has 31 heavy (non-hydrogen) atoms. The maximum absolute atomic E-state index is 12.6. The number of hydrogen-bond donors (Lipinski definition) is 1. The van der Waals surface area contributed by atoms with Crippen molar-refractivity contribution in [1.29, 1.82) is 0 Å². The first-order chi connectivity index (χ1) is 14.3. The minimum Gasteiger partial charge on any atom is -0.481 e. The molecule has 1 amide bonds. The number of hydrogen-bond acceptors (Lipinski definition) is 6. The molecule has 0 fully saturated rings. The molecule has 0 unspecified atom stereocenters. The molecule has 8 nitrogen and oxygen atoms in total. The first kappa shape index (κ1) is 24.7. The van der Waals surface area contributed by atoms with Crippen LogP contribution in [-0.4, -0.2) is 48.4 Å². The fourth-order valence-corrected chi connectivity index (χ4v) is 3.98. The van der Waals surface area contributed by atoms with Crippen molar-refractivity contribution < 1.29 is 26.4 Å². The Hall–Kier alpha value is -2.59. The average molecular weight is 469 g/mol. The Kier molecular flexibility index (Phi) is 7.72. The van der Waals surface area contributed by atoms with E-state index in [-0.39, 0.29) is 16.8 Å². The zero-order chi connectivity index (χ0) is 23.4. The standard InChI is InChI=1S/C21H28N2O6S2/c1-6-20(16-7-13-19(14-8-16)30(4,25)26)22-21(24)15(2)29-18-11-9-17(10-12-18)23(3)31(5,27)28/h7-15,20H,6H2,1-5H3,(H,22,24)/t15-,20-/m0/s1. The summed E-state index contributed by atoms with van der Waals surface area (Å²) < 4.78 is 53.3. The molecule has 0 bridgehead atoms. The van der Waals surface area contributed by atoms with Crippen LogP contribution in [0, 0.1) is 0 Å². The zero-order valence-corrected chi connectivity index (χ0v) is 19.8. The minimum absolute atomic E-state index is 0.221. The van der Waals surface area contributed by atoms with Gasteiger partial charge in [0.2, 0.25) is 10.0 Å². The van der Waals surface area contributed by atoms with Gasteiger partial charge >= 0.3 is 0 Å². The van der Waals surface area contributed by atoms with Gasteiger partial charge in [-0.2, -0.15) is 0 Å². The molecule has 10 heteroatoms. The van der Waals surface area contributed by atoms with E-state index in [1.54, 1.807) is 43.3 Å². The van der Waals surface area contributed by atoms with Crippen LogP contribution in [-0.2, 0) is 24.7 Å². The largest absolute Gasteiger partial charge is 0.481 e. The second-order valence-corrected chi connectivity index (χ2v) is 11.3. The predicted octanol–water partition coefficient (Wildman–Crippen LogP) is 2.52. The lowest BCUT2D eigenvalue weighted by atomic mass is 10.0. The molecule has 2 aromatic carbocycles. The second kappa shape index (κ2) is 9.69. The summed E-state index contributed by atoms with van der Waals surface area (Å²) in [7, 11) is -5.19. The number of anilines is 1. The molecule has 0 aliphatic carbocycles. The van der Waals surface area contributed by atoms with Crippen LogP contribution in [0.15, 0.2) is 53.4 Å². The van der Waals surface area contributed by atoms with Gasteiger partial charge in [0.05, 0.1) is 22.9 Å². The van der Waals surface area contributed by atoms with Gasteiger partial charge in [-0.1, -0.05) is 19.1 Å². The number of nitrogens with one attached hydrogen (secondary N) is 1. The van der Waals surface area contributed by atoms with Crippen LogP contribution in [0.5, 0.6) is 5.75 Å². The highest BCUT2D eigenvalue weighted by Crippen LogP contribution is 2.22. The summed E-state index contributed by atoms with van der Waals surface area (Å²) in [5.74, 6) is 0.107. The van der Waals surface area contributed by atoms with Crippen LogP contribution >= 0.6 is 0 Å². The molecule has 2 atom stereocenters. The van der Waals surface area contributed by atoms with Crippen LogP contribution in [0.1, 0.15) is 31.9 Å². The number of rotatable bonds is 9. The van der Waals surface area contributed by atoms with Crippen LogP contribution in [0.25, 0.3) is 0 Å². The van der Waals surface area contributed by atoms with Gasteiger partial charge < -0.3 is 10.1 Å². The maximum Gasteiger partial charge on any atom is 0.261 e. The van der Waals surface area contributed by atoms with Gasteiger partial charge in [0.15, 0.2) is 15.9 Å². The summed E-state index contributed by atoms with van der Waals surface area (Å²) in [4.78, 5) is 12.8. The molecule has 0 aromatic heterocycles. The van der Waals surface area contributed by atoms with E-state index in [1.165, 1.54) is 19.2 Å². The smallest absolute Gasteiger partial charge is 0.261 e. The SMILES string of the molecule is CC[C@H](NC(=O)[C@H](C)Oc1ccc(N(C)S(C)(=O)=O)cc1)c1ccc(S(C)(=O)=O)cc1. The number of sulfone groups is 1. The summed E-state index contributed by atoms with van der Waals surface area (Å²) in [5, 5.41) is 2.91. The Bertz CT molecular complexity index is 1110. The quantitative estimate of drug-likeness (QED) is 0.606. The number of carbonyl (C=O) groups excluding carboxylic acids is 1.